The summed E-state index contributed by atoms with van der Waals surface area (Å²) in [6.07, 6.45) is 30.6. The van der Waals surface area contributed by atoms with E-state index in [-0.39, 0.29) is 0 Å². The highest BCUT2D eigenvalue weighted by Gasteiger charge is 2.11. The van der Waals surface area contributed by atoms with Gasteiger partial charge in [0.15, 0.2) is 0 Å². The van der Waals surface area contributed by atoms with Crippen molar-refractivity contribution < 1.29 is 0 Å². The van der Waals surface area contributed by atoms with Gasteiger partial charge in [-0.1, -0.05) is 184 Å². The molecule has 0 aliphatic heterocycles. The third kappa shape index (κ3) is 12.4. The van der Waals surface area contributed by atoms with Crippen LogP contribution in [-0.2, 0) is 0 Å². The second-order valence-corrected chi connectivity index (χ2v) is 14.8. The van der Waals surface area contributed by atoms with Crippen molar-refractivity contribution in [3.63, 3.8) is 0 Å². The molecule has 0 unspecified atom stereocenters. The molecule has 290 valence electrons. The van der Waals surface area contributed by atoms with E-state index in [0.29, 0.717) is 18.9 Å². The van der Waals surface area contributed by atoms with Crippen LogP contribution in [0.25, 0.3) is 39.0 Å². The van der Waals surface area contributed by atoms with Crippen LogP contribution in [-0.4, -0.2) is 6.54 Å². The van der Waals surface area contributed by atoms with Crippen molar-refractivity contribution in [1.29, 1.82) is 0 Å². The number of benzene rings is 5. The maximum absolute atomic E-state index is 5.66. The van der Waals surface area contributed by atoms with Gasteiger partial charge in [0.05, 0.1) is 0 Å². The molecule has 0 N–H and O–H groups in total. The Morgan fingerprint density at radius 2 is 1.29 bits per heavy atom. The van der Waals surface area contributed by atoms with Gasteiger partial charge in [-0.2, -0.15) is 0 Å². The van der Waals surface area contributed by atoms with E-state index in [1.165, 1.54) is 50.1 Å². The van der Waals surface area contributed by atoms with Gasteiger partial charge in [0.25, 0.3) is 0 Å². The van der Waals surface area contributed by atoms with Crippen LogP contribution < -0.4 is 4.90 Å². The molecule has 5 aromatic rings. The predicted octanol–water partition coefficient (Wildman–Crippen LogP) is 15.9. The van der Waals surface area contributed by atoms with Gasteiger partial charge in [-0.3, -0.25) is 0 Å². The summed E-state index contributed by atoms with van der Waals surface area (Å²) in [4.78, 5) is 2.37. The molecule has 0 atom stereocenters. The zero-order valence-corrected chi connectivity index (χ0v) is 34.9. The lowest BCUT2D eigenvalue weighted by molar-refractivity contribution is 0.832. The summed E-state index contributed by atoms with van der Waals surface area (Å²) in [5.41, 5.74) is 15.4. The number of nitrogens with zero attached hydrogens (tertiary/aromatic N) is 1. The molecule has 58 heavy (non-hydrogen) atoms. The Morgan fingerprint density at radius 1 is 0.672 bits per heavy atom. The zero-order chi connectivity index (χ0) is 41.1. The normalized spacial score (nSPS) is 12.8. The van der Waals surface area contributed by atoms with E-state index in [1.807, 2.05) is 19.1 Å². The second-order valence-electron chi connectivity index (χ2n) is 14.8. The van der Waals surface area contributed by atoms with Crippen molar-refractivity contribution in [1.82, 2.24) is 0 Å². The summed E-state index contributed by atoms with van der Waals surface area (Å²) in [5, 5.41) is 0. The highest BCUT2D eigenvalue weighted by molar-refractivity contribution is 5.80. The average molecular weight is 756 g/mol. The van der Waals surface area contributed by atoms with Crippen LogP contribution in [0.1, 0.15) is 64.2 Å². The molecule has 0 radical (unpaired) electrons. The standard InChI is InChI=1S/C57H57N/c1-8-11-23-47(19-9-2)32-31-46(7)48-33-37-56(38-34-48)58(41-18-30-49(20-10-3)54-28-17-29-55(43-54)50-24-13-12-14-25-50)57-39-35-51(36-40-57)53-27-16-26-52(42-53)45(6)22-15-21-44(4)5/h2,8,10-18,20-31,33-40,42-44H,3,19,32,41H2,1,4-7H3/b11-8-,21-15-,30-18-,45-22+,46-31+,47-23+,49-20+. The molecule has 0 fully saturated rings. The molecule has 0 aliphatic carbocycles. The van der Waals surface area contributed by atoms with E-state index >= 15 is 0 Å². The Morgan fingerprint density at radius 3 is 1.93 bits per heavy atom. The van der Waals surface area contributed by atoms with E-state index in [0.717, 1.165) is 28.9 Å². The molecular weight excluding hydrogens is 699 g/mol. The molecule has 0 aliphatic rings. The molecule has 5 aromatic carbocycles. The summed E-state index contributed by atoms with van der Waals surface area (Å²) in [7, 11) is 0. The van der Waals surface area contributed by atoms with Crippen molar-refractivity contribution in [3.8, 4) is 34.6 Å². The Labute approximate surface area is 349 Å². The van der Waals surface area contributed by atoms with E-state index in [4.69, 9.17) is 6.42 Å². The highest BCUT2D eigenvalue weighted by Crippen LogP contribution is 2.32. The Balaban J connectivity index is 1.45. The van der Waals surface area contributed by atoms with Crippen molar-refractivity contribution >= 4 is 28.1 Å². The summed E-state index contributed by atoms with van der Waals surface area (Å²) >= 11 is 0. The van der Waals surface area contributed by atoms with Crippen molar-refractivity contribution in [2.75, 3.05) is 11.4 Å². The SMILES string of the molecule is C#CC/C(=C\C=C/C)C/C=C(\C)c1ccc(N(C/C=C\C(=C/C=C)c2cccc(-c3ccccc3)c2)c2ccc(-c3cccc(/C(C)=C/C=C\C(C)C)c3)cc2)cc1. The molecule has 0 saturated carbocycles. The van der Waals surface area contributed by atoms with Crippen LogP contribution in [0.4, 0.5) is 11.4 Å². The molecule has 1 heteroatoms. The van der Waals surface area contributed by atoms with E-state index in [9.17, 15) is 0 Å². The second kappa shape index (κ2) is 22.2. The number of terminal acetylenes is 1. The minimum absolute atomic E-state index is 0.527. The third-order valence-corrected chi connectivity index (χ3v) is 10.0. The van der Waals surface area contributed by atoms with E-state index in [2.05, 4.69) is 227 Å². The van der Waals surface area contributed by atoms with Crippen LogP contribution in [0.3, 0.4) is 0 Å². The van der Waals surface area contributed by atoms with Crippen LogP contribution in [0.2, 0.25) is 0 Å². The van der Waals surface area contributed by atoms with Gasteiger partial charge in [-0.05, 0) is 125 Å². The first-order valence-electron chi connectivity index (χ1n) is 20.3. The number of hydrogen-bond donors (Lipinski definition) is 0. The summed E-state index contributed by atoms with van der Waals surface area (Å²) in [5.74, 6) is 3.33. The molecular formula is C57H57N. The maximum Gasteiger partial charge on any atom is 0.0415 e. The molecule has 1 nitrogen and oxygen atoms in total. The van der Waals surface area contributed by atoms with Crippen molar-refractivity contribution in [3.05, 3.63) is 223 Å². The predicted molar refractivity (Wildman–Crippen MR) is 257 cm³/mol. The Kier molecular flexibility index (Phi) is 16.3. The number of rotatable bonds is 17. The van der Waals surface area contributed by atoms with E-state index < -0.39 is 0 Å². The van der Waals surface area contributed by atoms with Crippen LogP contribution in [0.15, 0.2) is 206 Å². The zero-order valence-electron chi connectivity index (χ0n) is 34.9. The van der Waals surface area contributed by atoms with Gasteiger partial charge in [-0.25, -0.2) is 0 Å². The minimum Gasteiger partial charge on any atom is -0.338 e. The molecule has 0 saturated heterocycles. The number of allylic oxidation sites excluding steroid dienone is 14. The third-order valence-electron chi connectivity index (χ3n) is 10.0. The minimum atomic E-state index is 0.527. The van der Waals surface area contributed by atoms with Gasteiger partial charge >= 0.3 is 0 Å². The molecule has 5 rings (SSSR count). The average Bonchev–Trinajstić information content (AvgIpc) is 3.26. The quantitative estimate of drug-likeness (QED) is 0.0675. The Bertz CT molecular complexity index is 2360. The largest absolute Gasteiger partial charge is 0.338 e. The van der Waals surface area contributed by atoms with Gasteiger partial charge in [-0.15, -0.1) is 12.3 Å². The molecule has 0 heterocycles. The highest BCUT2D eigenvalue weighted by atomic mass is 15.1. The lowest BCUT2D eigenvalue weighted by Gasteiger charge is -2.24. The fourth-order valence-corrected chi connectivity index (χ4v) is 6.69. The van der Waals surface area contributed by atoms with Gasteiger partial charge in [0.2, 0.25) is 0 Å². The maximum atomic E-state index is 5.66. The summed E-state index contributed by atoms with van der Waals surface area (Å²) in [6, 6.07) is 45.9. The van der Waals surface area contributed by atoms with Crippen molar-refractivity contribution in [2.24, 2.45) is 5.92 Å². The lowest BCUT2D eigenvalue weighted by atomic mass is 9.98. The van der Waals surface area contributed by atoms with Crippen molar-refractivity contribution in [2.45, 2.75) is 47.5 Å². The van der Waals surface area contributed by atoms with Gasteiger partial charge < -0.3 is 4.90 Å². The fraction of sp³-hybridized carbons (Fsp3) is 0.158. The molecule has 0 aromatic heterocycles. The Hall–Kier alpha value is -6.62. The first-order chi connectivity index (χ1) is 28.3. The summed E-state index contributed by atoms with van der Waals surface area (Å²) in [6.45, 7) is 15.5. The van der Waals surface area contributed by atoms with E-state index in [1.54, 1.807) is 0 Å². The lowest BCUT2D eigenvalue weighted by Crippen LogP contribution is -2.16. The fourth-order valence-electron chi connectivity index (χ4n) is 6.69. The van der Waals surface area contributed by atoms with Gasteiger partial charge in [0, 0.05) is 24.3 Å². The topological polar surface area (TPSA) is 3.24 Å². The van der Waals surface area contributed by atoms with Gasteiger partial charge in [0.1, 0.15) is 0 Å². The number of anilines is 2. The van der Waals surface area contributed by atoms with Crippen LogP contribution in [0, 0.1) is 18.3 Å². The van der Waals surface area contributed by atoms with Crippen LogP contribution >= 0.6 is 0 Å². The first-order valence-corrected chi connectivity index (χ1v) is 20.3. The molecule has 0 bridgehead atoms. The van der Waals surface area contributed by atoms with Crippen LogP contribution in [0.5, 0.6) is 0 Å². The summed E-state index contributed by atoms with van der Waals surface area (Å²) < 4.78 is 0. The smallest absolute Gasteiger partial charge is 0.0415 e. The first kappa shape index (κ1) is 42.5. The number of hydrogen-bond acceptors (Lipinski definition) is 1. The monoisotopic (exact) mass is 755 g/mol. The molecule has 0 spiro atoms. The molecule has 0 amide bonds.